The molecule has 1 heterocycles. The van der Waals surface area contributed by atoms with Crippen LogP contribution in [-0.2, 0) is 26.5 Å². The zero-order valence-electron chi connectivity index (χ0n) is 14.5. The van der Waals surface area contributed by atoms with E-state index in [4.69, 9.17) is 4.52 Å². The Bertz CT molecular complexity index is 643. The second-order valence-corrected chi connectivity index (χ2v) is 9.67. The molecule has 0 bridgehead atoms. The van der Waals surface area contributed by atoms with Crippen molar-refractivity contribution in [2.45, 2.75) is 64.0 Å². The first-order valence-corrected chi connectivity index (χ1v) is 9.45. The predicted octanol–water partition coefficient (Wildman–Crippen LogP) is 2.05. The number of rotatable bonds is 9. The number of aliphatic hydroxyl groups is 1. The van der Waals surface area contributed by atoms with Gasteiger partial charge in [0, 0.05) is 11.5 Å². The van der Waals surface area contributed by atoms with Crippen LogP contribution in [0.15, 0.2) is 10.6 Å². The topological polar surface area (TPSA) is 97.5 Å². The van der Waals surface area contributed by atoms with Crippen molar-refractivity contribution in [3.8, 4) is 0 Å². The van der Waals surface area contributed by atoms with Gasteiger partial charge < -0.3 is 9.63 Å². The van der Waals surface area contributed by atoms with Crippen molar-refractivity contribution in [2.75, 3.05) is 12.4 Å². The highest BCUT2D eigenvalue weighted by atomic mass is 32.2. The lowest BCUT2D eigenvalue weighted by molar-refractivity contribution is -0.120. The molecular formula is C16H27NO5S. The lowest BCUT2D eigenvalue weighted by Crippen LogP contribution is -2.43. The lowest BCUT2D eigenvalue weighted by atomic mass is 9.91. The first kappa shape index (κ1) is 19.8. The van der Waals surface area contributed by atoms with Crippen LogP contribution in [0.3, 0.4) is 0 Å². The molecule has 0 spiro atoms. The highest BCUT2D eigenvalue weighted by Gasteiger charge is 2.41. The van der Waals surface area contributed by atoms with Gasteiger partial charge in [-0.05, 0) is 20.3 Å². The van der Waals surface area contributed by atoms with Gasteiger partial charge in [0.05, 0.1) is 24.5 Å². The van der Waals surface area contributed by atoms with Gasteiger partial charge in [0.25, 0.3) is 0 Å². The second-order valence-electron chi connectivity index (χ2n) is 7.01. The van der Waals surface area contributed by atoms with E-state index in [2.05, 4.69) is 5.16 Å². The van der Waals surface area contributed by atoms with Crippen LogP contribution in [0.5, 0.6) is 0 Å². The van der Waals surface area contributed by atoms with Crippen molar-refractivity contribution in [3.05, 3.63) is 17.5 Å². The average molecular weight is 345 g/mol. The van der Waals surface area contributed by atoms with E-state index in [0.717, 1.165) is 6.42 Å². The van der Waals surface area contributed by atoms with Crippen LogP contribution >= 0.6 is 0 Å². The molecule has 0 aromatic carbocycles. The summed E-state index contributed by atoms with van der Waals surface area (Å²) in [6.07, 6.45) is 1.19. The van der Waals surface area contributed by atoms with E-state index >= 15 is 0 Å². The van der Waals surface area contributed by atoms with Gasteiger partial charge in [-0.3, -0.25) is 4.79 Å². The predicted molar refractivity (Wildman–Crippen MR) is 88.1 cm³/mol. The fraction of sp³-hybridized carbons (Fsp3) is 0.750. The smallest absolute Gasteiger partial charge is 0.162 e. The first-order chi connectivity index (χ1) is 10.5. The van der Waals surface area contributed by atoms with Crippen LogP contribution in [0.25, 0.3) is 0 Å². The van der Waals surface area contributed by atoms with E-state index in [1.54, 1.807) is 19.9 Å². The Morgan fingerprint density at radius 2 is 1.91 bits per heavy atom. The number of Topliss-reactive ketones (excluding diaryl/α,β-unsaturated/α-hetero) is 1. The molecule has 0 unspecified atom stereocenters. The van der Waals surface area contributed by atoms with Crippen LogP contribution in [0.2, 0.25) is 0 Å². The highest BCUT2D eigenvalue weighted by molar-refractivity contribution is 7.93. The summed E-state index contributed by atoms with van der Waals surface area (Å²) in [6, 6.07) is 1.60. The minimum Gasteiger partial charge on any atom is -0.395 e. The number of hydrogen-bond acceptors (Lipinski definition) is 6. The van der Waals surface area contributed by atoms with Crippen LogP contribution in [0.4, 0.5) is 0 Å². The van der Waals surface area contributed by atoms with Crippen LogP contribution in [0.1, 0.15) is 58.9 Å². The van der Waals surface area contributed by atoms with E-state index in [-0.39, 0.29) is 18.8 Å². The van der Waals surface area contributed by atoms with E-state index in [1.165, 1.54) is 13.8 Å². The maximum Gasteiger partial charge on any atom is 0.162 e. The molecule has 0 aliphatic rings. The largest absolute Gasteiger partial charge is 0.395 e. The summed E-state index contributed by atoms with van der Waals surface area (Å²) < 4.78 is 28.4. The molecule has 0 aliphatic heterocycles. The van der Waals surface area contributed by atoms with Gasteiger partial charge in [-0.25, -0.2) is 8.42 Å². The summed E-state index contributed by atoms with van der Waals surface area (Å²) in [4.78, 5) is 12.5. The minimum absolute atomic E-state index is 0.00382. The van der Waals surface area contributed by atoms with Gasteiger partial charge in [0.15, 0.2) is 15.6 Å². The molecule has 1 aromatic heterocycles. The number of aliphatic hydroxyl groups excluding tert-OH is 1. The summed E-state index contributed by atoms with van der Waals surface area (Å²) in [5, 5.41) is 13.1. The number of sulfone groups is 1. The van der Waals surface area contributed by atoms with Gasteiger partial charge in [-0.2, -0.15) is 0 Å². The Morgan fingerprint density at radius 3 is 2.43 bits per heavy atom. The number of ketones is 1. The molecule has 23 heavy (non-hydrogen) atoms. The van der Waals surface area contributed by atoms with Gasteiger partial charge in [0.2, 0.25) is 0 Å². The Hall–Kier alpha value is -1.21. The normalized spacial score (nSPS) is 13.3. The standard InChI is InChI=1S/C16H27NO5S/c1-6-7-8-23(20,21)16(4,5)13(19)9-12-10-14(22-17-12)15(2,3)11-18/h10,18H,6-9,11H2,1-5H3. The second kappa shape index (κ2) is 7.13. The van der Waals surface area contributed by atoms with Gasteiger partial charge >= 0.3 is 0 Å². The van der Waals surface area contributed by atoms with Crippen LogP contribution < -0.4 is 0 Å². The maximum atomic E-state index is 12.5. The Balaban J connectivity index is 2.91. The summed E-state index contributed by atoms with van der Waals surface area (Å²) in [6.45, 7) is 8.26. The molecule has 0 radical (unpaired) electrons. The molecule has 0 atom stereocenters. The number of carbonyl (C=O) groups excluding carboxylic acids is 1. The molecule has 0 saturated carbocycles. The maximum absolute atomic E-state index is 12.5. The minimum atomic E-state index is -3.52. The van der Waals surface area contributed by atoms with Crippen molar-refractivity contribution >= 4 is 15.6 Å². The number of unbranched alkanes of at least 4 members (excludes halogenated alkanes) is 1. The zero-order chi connectivity index (χ0) is 17.9. The lowest BCUT2D eigenvalue weighted by Gasteiger charge is -2.22. The molecule has 1 N–H and O–H groups in total. The number of carbonyl (C=O) groups is 1. The number of aromatic nitrogens is 1. The molecule has 1 rings (SSSR count). The molecule has 0 aliphatic carbocycles. The average Bonchev–Trinajstić information content (AvgIpc) is 2.94. The van der Waals surface area contributed by atoms with E-state index in [0.29, 0.717) is 17.9 Å². The fourth-order valence-corrected chi connectivity index (χ4v) is 3.53. The quantitative estimate of drug-likeness (QED) is 0.735. The summed E-state index contributed by atoms with van der Waals surface area (Å²) in [5.41, 5.74) is -0.220. The van der Waals surface area contributed by atoms with Gasteiger partial charge in [0.1, 0.15) is 10.5 Å². The summed E-state index contributed by atoms with van der Waals surface area (Å²) >= 11 is 0. The number of nitrogens with zero attached hydrogens (tertiary/aromatic N) is 1. The molecule has 0 fully saturated rings. The van der Waals surface area contributed by atoms with Crippen molar-refractivity contribution in [2.24, 2.45) is 0 Å². The molecule has 0 saturated heterocycles. The third-order valence-corrected chi connectivity index (χ3v) is 6.79. The first-order valence-electron chi connectivity index (χ1n) is 7.80. The van der Waals surface area contributed by atoms with E-state index < -0.39 is 25.8 Å². The van der Waals surface area contributed by atoms with Gasteiger partial charge in [-0.1, -0.05) is 32.3 Å². The molecular weight excluding hydrogens is 318 g/mol. The highest BCUT2D eigenvalue weighted by Crippen LogP contribution is 2.25. The zero-order valence-corrected chi connectivity index (χ0v) is 15.4. The summed E-state index contributed by atoms with van der Waals surface area (Å²) in [7, 11) is -3.52. The van der Waals surface area contributed by atoms with Gasteiger partial charge in [-0.15, -0.1) is 0 Å². The Kier molecular flexibility index (Phi) is 6.15. The van der Waals surface area contributed by atoms with Crippen LogP contribution in [-0.4, -0.2) is 41.6 Å². The monoisotopic (exact) mass is 345 g/mol. The fourth-order valence-electron chi connectivity index (χ4n) is 1.93. The molecule has 7 heteroatoms. The van der Waals surface area contributed by atoms with E-state index in [9.17, 15) is 18.3 Å². The van der Waals surface area contributed by atoms with Crippen molar-refractivity contribution in [1.29, 1.82) is 0 Å². The van der Waals surface area contributed by atoms with Crippen molar-refractivity contribution < 1.29 is 22.8 Å². The summed E-state index contributed by atoms with van der Waals surface area (Å²) in [5.74, 6) is 0.0637. The third-order valence-electron chi connectivity index (χ3n) is 4.18. The van der Waals surface area contributed by atoms with Crippen molar-refractivity contribution in [3.63, 3.8) is 0 Å². The molecule has 6 nitrogen and oxygen atoms in total. The van der Waals surface area contributed by atoms with E-state index in [1.807, 2.05) is 6.92 Å². The van der Waals surface area contributed by atoms with Crippen molar-refractivity contribution in [1.82, 2.24) is 5.16 Å². The van der Waals surface area contributed by atoms with Crippen LogP contribution in [0, 0.1) is 0 Å². The molecule has 0 amide bonds. The molecule has 1 aromatic rings. The molecule has 132 valence electrons. The third kappa shape index (κ3) is 4.41. The number of hydrogen-bond donors (Lipinski definition) is 1. The SMILES string of the molecule is CCCCS(=O)(=O)C(C)(C)C(=O)Cc1cc(C(C)(C)CO)on1. The Labute approximate surface area is 138 Å². The Morgan fingerprint density at radius 1 is 1.30 bits per heavy atom.